The van der Waals surface area contributed by atoms with E-state index in [2.05, 4.69) is 10.2 Å². The Kier molecular flexibility index (Phi) is 6.59. The highest BCUT2D eigenvalue weighted by molar-refractivity contribution is 7.98. The minimum Gasteiger partial charge on any atom is -0.267 e. The zero-order chi connectivity index (χ0) is 23.6. The van der Waals surface area contributed by atoms with Crippen LogP contribution in [0.5, 0.6) is 0 Å². The number of halogens is 2. The highest BCUT2D eigenvalue weighted by Gasteiger charge is 2.20. The number of hydrogen-bond acceptors (Lipinski definition) is 5. The van der Waals surface area contributed by atoms with Crippen LogP contribution < -0.4 is 0 Å². The van der Waals surface area contributed by atoms with Gasteiger partial charge in [-0.3, -0.25) is 4.57 Å². The summed E-state index contributed by atoms with van der Waals surface area (Å²) >= 11 is 1.27. The van der Waals surface area contributed by atoms with Crippen LogP contribution in [0.1, 0.15) is 5.56 Å². The third-order valence-electron chi connectivity index (χ3n) is 4.86. The van der Waals surface area contributed by atoms with Gasteiger partial charge in [0.25, 0.3) is 0 Å². The summed E-state index contributed by atoms with van der Waals surface area (Å²) in [6, 6.07) is 19.1. The van der Waals surface area contributed by atoms with Gasteiger partial charge in [-0.05, 0) is 29.8 Å². The molecule has 1 aromatic heterocycles. The van der Waals surface area contributed by atoms with Crippen molar-refractivity contribution in [2.45, 2.75) is 15.8 Å². The average Bonchev–Trinajstić information content (AvgIpc) is 3.22. The molecule has 0 fully saturated rings. The number of benzene rings is 3. The maximum atomic E-state index is 14.7. The Morgan fingerprint density at radius 3 is 2.39 bits per heavy atom. The molecule has 170 valence electrons. The number of rotatable bonds is 7. The third kappa shape index (κ3) is 4.82. The zero-order valence-corrected chi connectivity index (χ0v) is 19.4. The van der Waals surface area contributed by atoms with Gasteiger partial charge >= 0.3 is 0 Å². The van der Waals surface area contributed by atoms with E-state index >= 15 is 0 Å². The van der Waals surface area contributed by atoms with Crippen molar-refractivity contribution in [3.05, 3.63) is 90.0 Å². The first kappa shape index (κ1) is 23.1. The van der Waals surface area contributed by atoms with E-state index in [1.165, 1.54) is 48.6 Å². The van der Waals surface area contributed by atoms with Crippen LogP contribution in [0.3, 0.4) is 0 Å². The quantitative estimate of drug-likeness (QED) is 0.353. The van der Waals surface area contributed by atoms with Gasteiger partial charge in [0.1, 0.15) is 11.6 Å². The average molecular weight is 487 g/mol. The summed E-state index contributed by atoms with van der Waals surface area (Å²) in [6.07, 6.45) is 0. The monoisotopic (exact) mass is 486 g/mol. The lowest BCUT2D eigenvalue weighted by molar-refractivity contribution is 0.520. The maximum Gasteiger partial charge on any atom is 0.242 e. The highest BCUT2D eigenvalue weighted by atomic mass is 32.2. The molecule has 0 atom stereocenters. The summed E-state index contributed by atoms with van der Waals surface area (Å²) in [7, 11) is -0.622. The van der Waals surface area contributed by atoms with Crippen molar-refractivity contribution >= 4 is 21.8 Å². The van der Waals surface area contributed by atoms with Crippen LogP contribution in [0.2, 0.25) is 0 Å². The van der Waals surface area contributed by atoms with E-state index < -0.39 is 21.7 Å². The molecule has 0 aliphatic carbocycles. The molecule has 0 saturated carbocycles. The minimum absolute atomic E-state index is 0.117. The molecular weight excluding hydrogens is 466 g/mol. The predicted molar refractivity (Wildman–Crippen MR) is 124 cm³/mol. The van der Waals surface area contributed by atoms with Crippen LogP contribution in [-0.2, 0) is 15.8 Å². The SMILES string of the molecule is CN(C)S(=O)(=O)c1cccc(CSc2nnc(-c3ccccc3)n2-c2ccc(F)cc2F)c1. The van der Waals surface area contributed by atoms with Gasteiger partial charge in [0.05, 0.1) is 10.6 Å². The van der Waals surface area contributed by atoms with E-state index in [4.69, 9.17) is 0 Å². The Balaban J connectivity index is 1.72. The second-order valence-corrected chi connectivity index (χ2v) is 10.4. The fourth-order valence-electron chi connectivity index (χ4n) is 3.17. The van der Waals surface area contributed by atoms with Crippen molar-refractivity contribution in [3.8, 4) is 17.1 Å². The van der Waals surface area contributed by atoms with E-state index in [0.29, 0.717) is 16.7 Å². The van der Waals surface area contributed by atoms with Crippen molar-refractivity contribution in [2.24, 2.45) is 0 Å². The standard InChI is InChI=1S/C23H20F2N4O2S2/c1-28(2)33(30,31)19-10-6-7-16(13-19)15-32-23-27-26-22(17-8-4-3-5-9-17)29(23)21-12-11-18(24)14-20(21)25/h3-14H,15H2,1-2H3. The lowest BCUT2D eigenvalue weighted by Crippen LogP contribution is -2.22. The summed E-state index contributed by atoms with van der Waals surface area (Å²) in [6.45, 7) is 0. The molecule has 0 N–H and O–H groups in total. The zero-order valence-electron chi connectivity index (χ0n) is 17.8. The van der Waals surface area contributed by atoms with Crippen molar-refractivity contribution in [2.75, 3.05) is 14.1 Å². The van der Waals surface area contributed by atoms with Gasteiger partial charge in [-0.25, -0.2) is 21.5 Å². The largest absolute Gasteiger partial charge is 0.267 e. The molecule has 10 heteroatoms. The normalized spacial score (nSPS) is 11.8. The topological polar surface area (TPSA) is 68.1 Å². The molecule has 3 aromatic carbocycles. The fourth-order valence-corrected chi connectivity index (χ4v) is 5.03. The van der Waals surface area contributed by atoms with Crippen LogP contribution in [-0.4, -0.2) is 41.6 Å². The number of nitrogens with zero attached hydrogens (tertiary/aromatic N) is 4. The Hall–Kier alpha value is -3.08. The molecular formula is C23H20F2N4O2S2. The van der Waals surface area contributed by atoms with Gasteiger partial charge in [0, 0.05) is 31.5 Å². The molecule has 0 bridgehead atoms. The van der Waals surface area contributed by atoms with E-state index in [1.807, 2.05) is 30.3 Å². The van der Waals surface area contributed by atoms with Crippen LogP contribution in [0, 0.1) is 11.6 Å². The molecule has 0 saturated heterocycles. The first-order chi connectivity index (χ1) is 15.8. The Labute approximate surface area is 194 Å². The van der Waals surface area contributed by atoms with E-state index in [9.17, 15) is 17.2 Å². The number of sulfonamides is 1. The Morgan fingerprint density at radius 2 is 1.70 bits per heavy atom. The lowest BCUT2D eigenvalue weighted by atomic mass is 10.2. The molecule has 4 rings (SSSR count). The molecule has 1 heterocycles. The van der Waals surface area contributed by atoms with Gasteiger partial charge in [0.2, 0.25) is 10.0 Å². The number of thioether (sulfide) groups is 1. The smallest absolute Gasteiger partial charge is 0.242 e. The van der Waals surface area contributed by atoms with Crippen molar-refractivity contribution < 1.29 is 17.2 Å². The molecule has 0 amide bonds. The predicted octanol–water partition coefficient (Wildman–Crippen LogP) is 4.76. The van der Waals surface area contributed by atoms with Gasteiger partial charge in [-0.15, -0.1) is 10.2 Å². The first-order valence-corrected chi connectivity index (χ1v) is 12.3. The first-order valence-electron chi connectivity index (χ1n) is 9.88. The van der Waals surface area contributed by atoms with Gasteiger partial charge in [-0.1, -0.05) is 54.2 Å². The van der Waals surface area contributed by atoms with Crippen molar-refractivity contribution in [3.63, 3.8) is 0 Å². The highest BCUT2D eigenvalue weighted by Crippen LogP contribution is 2.31. The Morgan fingerprint density at radius 1 is 0.939 bits per heavy atom. The molecule has 0 radical (unpaired) electrons. The fraction of sp³-hybridized carbons (Fsp3) is 0.130. The molecule has 0 unspecified atom stereocenters. The summed E-state index contributed by atoms with van der Waals surface area (Å²) in [5.41, 5.74) is 1.59. The maximum absolute atomic E-state index is 14.7. The van der Waals surface area contributed by atoms with Gasteiger partial charge < -0.3 is 0 Å². The summed E-state index contributed by atoms with van der Waals surface area (Å²) in [4.78, 5) is 0.182. The van der Waals surface area contributed by atoms with Crippen LogP contribution >= 0.6 is 11.8 Å². The molecule has 0 aliphatic rings. The second-order valence-electron chi connectivity index (χ2n) is 7.33. The van der Waals surface area contributed by atoms with Crippen LogP contribution in [0.25, 0.3) is 17.1 Å². The molecule has 0 spiro atoms. The van der Waals surface area contributed by atoms with Gasteiger partial charge in [0.15, 0.2) is 11.0 Å². The van der Waals surface area contributed by atoms with E-state index in [1.54, 1.807) is 18.2 Å². The Bertz CT molecular complexity index is 1390. The van der Waals surface area contributed by atoms with Crippen LogP contribution in [0.15, 0.2) is 82.8 Å². The van der Waals surface area contributed by atoms with E-state index in [0.717, 1.165) is 21.5 Å². The lowest BCUT2D eigenvalue weighted by Gasteiger charge is -2.13. The molecule has 6 nitrogen and oxygen atoms in total. The minimum atomic E-state index is -3.57. The molecule has 33 heavy (non-hydrogen) atoms. The van der Waals surface area contributed by atoms with Crippen LogP contribution in [0.4, 0.5) is 8.78 Å². The summed E-state index contributed by atoms with van der Waals surface area (Å²) < 4.78 is 55.8. The van der Waals surface area contributed by atoms with E-state index in [-0.39, 0.29) is 10.6 Å². The molecule has 4 aromatic rings. The molecule has 0 aliphatic heterocycles. The van der Waals surface area contributed by atoms with Crippen molar-refractivity contribution in [1.29, 1.82) is 0 Å². The summed E-state index contributed by atoms with van der Waals surface area (Å²) in [5.74, 6) is -0.647. The number of hydrogen-bond donors (Lipinski definition) is 0. The third-order valence-corrected chi connectivity index (χ3v) is 7.67. The number of aromatic nitrogens is 3. The second kappa shape index (κ2) is 9.42. The summed E-state index contributed by atoms with van der Waals surface area (Å²) in [5, 5.41) is 8.87. The van der Waals surface area contributed by atoms with Crippen molar-refractivity contribution in [1.82, 2.24) is 19.1 Å². The van der Waals surface area contributed by atoms with Gasteiger partial charge in [-0.2, -0.15) is 0 Å².